The first kappa shape index (κ1) is 8.16. The molecule has 5 nitrogen and oxygen atoms in total. The molecule has 0 saturated heterocycles. The summed E-state index contributed by atoms with van der Waals surface area (Å²) in [6.07, 6.45) is 7.30. The molecule has 0 radical (unpaired) electrons. The molecule has 0 aromatic carbocycles. The van der Waals surface area contributed by atoms with Gasteiger partial charge in [0.2, 0.25) is 0 Å². The van der Waals surface area contributed by atoms with Crippen molar-refractivity contribution in [2.24, 2.45) is 7.05 Å². The van der Waals surface area contributed by atoms with Crippen LogP contribution in [0.2, 0.25) is 0 Å². The smallest absolute Gasteiger partial charge is 0.154 e. The van der Waals surface area contributed by atoms with Crippen molar-refractivity contribution in [3.05, 3.63) is 36.9 Å². The van der Waals surface area contributed by atoms with Gasteiger partial charge in [0, 0.05) is 25.0 Å². The third-order valence-electron chi connectivity index (χ3n) is 2.28. The van der Waals surface area contributed by atoms with E-state index < -0.39 is 0 Å². The number of imidazole rings is 1. The highest BCUT2D eigenvalue weighted by Gasteiger charge is 2.07. The van der Waals surface area contributed by atoms with Crippen LogP contribution in [0.3, 0.4) is 0 Å². The lowest BCUT2D eigenvalue weighted by atomic mass is 10.3. The Morgan fingerprint density at radius 3 is 2.93 bits per heavy atom. The first-order valence-corrected chi connectivity index (χ1v) is 4.62. The van der Waals surface area contributed by atoms with Gasteiger partial charge in [0.15, 0.2) is 5.65 Å². The van der Waals surface area contributed by atoms with Gasteiger partial charge in [-0.05, 0) is 12.1 Å². The SMILES string of the molecule is Cn1cc(-c2cnc3cccnn23)cn1. The molecule has 0 aliphatic carbocycles. The topological polar surface area (TPSA) is 48.0 Å². The van der Waals surface area contributed by atoms with E-state index in [9.17, 15) is 0 Å². The van der Waals surface area contributed by atoms with Gasteiger partial charge in [-0.3, -0.25) is 4.68 Å². The first-order chi connectivity index (χ1) is 7.34. The van der Waals surface area contributed by atoms with Gasteiger partial charge in [-0.25, -0.2) is 9.50 Å². The summed E-state index contributed by atoms with van der Waals surface area (Å²) >= 11 is 0. The molecule has 3 rings (SSSR count). The van der Waals surface area contributed by atoms with Gasteiger partial charge in [0.05, 0.1) is 18.1 Å². The lowest BCUT2D eigenvalue weighted by molar-refractivity contribution is 0.768. The number of nitrogens with zero attached hydrogens (tertiary/aromatic N) is 5. The monoisotopic (exact) mass is 199 g/mol. The molecule has 3 heterocycles. The summed E-state index contributed by atoms with van der Waals surface area (Å²) in [6, 6.07) is 3.79. The van der Waals surface area contributed by atoms with Crippen LogP contribution in [0.1, 0.15) is 0 Å². The molecule has 15 heavy (non-hydrogen) atoms. The molecule has 0 aliphatic heterocycles. The first-order valence-electron chi connectivity index (χ1n) is 4.62. The minimum atomic E-state index is 0.844. The van der Waals surface area contributed by atoms with E-state index in [1.807, 2.05) is 25.4 Å². The van der Waals surface area contributed by atoms with Gasteiger partial charge in [-0.2, -0.15) is 10.2 Å². The van der Waals surface area contributed by atoms with Gasteiger partial charge in [0.1, 0.15) is 0 Å². The van der Waals surface area contributed by atoms with Crippen LogP contribution in [0.5, 0.6) is 0 Å². The normalized spacial score (nSPS) is 11.0. The van der Waals surface area contributed by atoms with Crippen molar-refractivity contribution >= 4 is 5.65 Å². The van der Waals surface area contributed by atoms with Crippen molar-refractivity contribution in [2.75, 3.05) is 0 Å². The Balaban J connectivity index is 2.27. The highest BCUT2D eigenvalue weighted by atomic mass is 15.3. The fourth-order valence-corrected chi connectivity index (χ4v) is 1.58. The van der Waals surface area contributed by atoms with Crippen molar-refractivity contribution in [2.45, 2.75) is 0 Å². The van der Waals surface area contributed by atoms with Crippen molar-refractivity contribution < 1.29 is 0 Å². The third kappa shape index (κ3) is 1.20. The Kier molecular flexibility index (Phi) is 1.58. The van der Waals surface area contributed by atoms with Crippen molar-refractivity contribution in [3.63, 3.8) is 0 Å². The highest BCUT2D eigenvalue weighted by molar-refractivity contribution is 5.61. The quantitative estimate of drug-likeness (QED) is 0.590. The fraction of sp³-hybridized carbons (Fsp3) is 0.100. The Labute approximate surface area is 86.0 Å². The molecule has 5 heteroatoms. The summed E-state index contributed by atoms with van der Waals surface area (Å²) < 4.78 is 3.56. The van der Waals surface area contributed by atoms with E-state index in [0.29, 0.717) is 0 Å². The molecule has 0 saturated carbocycles. The number of fused-ring (bicyclic) bond motifs is 1. The Bertz CT molecular complexity index is 607. The van der Waals surface area contributed by atoms with E-state index in [2.05, 4.69) is 15.2 Å². The maximum Gasteiger partial charge on any atom is 0.154 e. The van der Waals surface area contributed by atoms with Crippen LogP contribution in [-0.2, 0) is 7.05 Å². The number of rotatable bonds is 1. The maximum absolute atomic E-state index is 4.27. The van der Waals surface area contributed by atoms with Gasteiger partial charge >= 0.3 is 0 Å². The van der Waals surface area contributed by atoms with Crippen LogP contribution in [-0.4, -0.2) is 24.4 Å². The van der Waals surface area contributed by atoms with Crippen LogP contribution in [0.25, 0.3) is 16.9 Å². The highest BCUT2D eigenvalue weighted by Crippen LogP contribution is 2.18. The van der Waals surface area contributed by atoms with Crippen molar-refractivity contribution in [1.82, 2.24) is 24.4 Å². The predicted molar refractivity (Wildman–Crippen MR) is 55.2 cm³/mol. The molecule has 0 atom stereocenters. The minimum absolute atomic E-state index is 0.844. The number of aromatic nitrogens is 5. The van der Waals surface area contributed by atoms with Gasteiger partial charge in [-0.1, -0.05) is 0 Å². The standard InChI is InChI=1S/C10H9N5/c1-14-7-8(5-13-14)9-6-11-10-3-2-4-12-15(9)10/h2-7H,1H3. The van der Waals surface area contributed by atoms with Gasteiger partial charge < -0.3 is 0 Å². The Hall–Kier alpha value is -2.17. The van der Waals surface area contributed by atoms with E-state index in [1.54, 1.807) is 27.8 Å². The summed E-state index contributed by atoms with van der Waals surface area (Å²) in [5, 5.41) is 8.37. The second-order valence-electron chi connectivity index (χ2n) is 3.34. The van der Waals surface area contributed by atoms with Gasteiger partial charge in [-0.15, -0.1) is 0 Å². The second-order valence-corrected chi connectivity index (χ2v) is 3.34. The summed E-state index contributed by atoms with van der Waals surface area (Å²) in [6.45, 7) is 0. The lowest BCUT2D eigenvalue weighted by Crippen LogP contribution is -1.91. The van der Waals surface area contributed by atoms with Crippen LogP contribution in [0, 0.1) is 0 Å². The molecule has 0 spiro atoms. The Morgan fingerprint density at radius 1 is 1.20 bits per heavy atom. The molecule has 0 bridgehead atoms. The lowest BCUT2D eigenvalue weighted by Gasteiger charge is -1.95. The molecule has 3 aromatic rings. The third-order valence-corrected chi connectivity index (χ3v) is 2.28. The van der Waals surface area contributed by atoms with Crippen molar-refractivity contribution in [1.29, 1.82) is 0 Å². The minimum Gasteiger partial charge on any atom is -0.275 e. The molecular formula is C10H9N5. The van der Waals surface area contributed by atoms with Gasteiger partial charge in [0.25, 0.3) is 0 Å². The Morgan fingerprint density at radius 2 is 2.13 bits per heavy atom. The second kappa shape index (κ2) is 2.91. The largest absolute Gasteiger partial charge is 0.275 e. The molecule has 3 aromatic heterocycles. The number of hydrogen-bond acceptors (Lipinski definition) is 3. The summed E-state index contributed by atoms with van der Waals surface area (Å²) in [5.74, 6) is 0. The number of aryl methyl sites for hydroxylation is 1. The van der Waals surface area contributed by atoms with Crippen molar-refractivity contribution in [3.8, 4) is 11.3 Å². The van der Waals surface area contributed by atoms with E-state index >= 15 is 0 Å². The van der Waals surface area contributed by atoms with E-state index in [0.717, 1.165) is 16.9 Å². The zero-order valence-corrected chi connectivity index (χ0v) is 8.20. The maximum atomic E-state index is 4.27. The van der Waals surface area contributed by atoms with E-state index in [-0.39, 0.29) is 0 Å². The predicted octanol–water partition coefficient (Wildman–Crippen LogP) is 1.13. The molecule has 0 fully saturated rings. The van der Waals surface area contributed by atoms with Crippen LogP contribution >= 0.6 is 0 Å². The van der Waals surface area contributed by atoms with Crippen LogP contribution in [0.4, 0.5) is 0 Å². The fourth-order valence-electron chi connectivity index (χ4n) is 1.58. The molecule has 0 aliphatic rings. The zero-order valence-electron chi connectivity index (χ0n) is 8.20. The van der Waals surface area contributed by atoms with Crippen LogP contribution in [0.15, 0.2) is 36.9 Å². The average molecular weight is 199 g/mol. The number of hydrogen-bond donors (Lipinski definition) is 0. The molecular weight excluding hydrogens is 190 g/mol. The summed E-state index contributed by atoms with van der Waals surface area (Å²) in [5.41, 5.74) is 2.82. The average Bonchev–Trinajstić information content (AvgIpc) is 2.83. The zero-order chi connectivity index (χ0) is 10.3. The molecule has 0 unspecified atom stereocenters. The molecule has 74 valence electrons. The van der Waals surface area contributed by atoms with Crippen LogP contribution < -0.4 is 0 Å². The van der Waals surface area contributed by atoms with E-state index in [4.69, 9.17) is 0 Å². The molecule has 0 N–H and O–H groups in total. The summed E-state index contributed by atoms with van der Waals surface area (Å²) in [7, 11) is 1.89. The van der Waals surface area contributed by atoms with E-state index in [1.165, 1.54) is 0 Å². The summed E-state index contributed by atoms with van der Waals surface area (Å²) in [4.78, 5) is 4.27. The molecule has 0 amide bonds.